The molecule has 0 radical (unpaired) electrons. The van der Waals surface area contributed by atoms with Gasteiger partial charge in [-0.05, 0) is 28.1 Å². The molecule has 0 saturated carbocycles. The Kier molecular flexibility index (Phi) is 2.82. The quantitative estimate of drug-likeness (QED) is 0.730. The van der Waals surface area contributed by atoms with E-state index in [2.05, 4.69) is 30.9 Å². The number of rotatable bonds is 2. The number of imidazole rings is 1. The van der Waals surface area contributed by atoms with Crippen molar-refractivity contribution in [2.75, 3.05) is 0 Å². The maximum absolute atomic E-state index is 4.44. The number of aromatic nitrogens is 4. The van der Waals surface area contributed by atoms with Gasteiger partial charge in [-0.1, -0.05) is 11.8 Å². The fourth-order valence-corrected chi connectivity index (χ4v) is 2.85. The van der Waals surface area contributed by atoms with Gasteiger partial charge in [0.05, 0.1) is 0 Å². The zero-order chi connectivity index (χ0) is 11.7. The summed E-state index contributed by atoms with van der Waals surface area (Å²) >= 11 is 4.97. The zero-order valence-electron chi connectivity index (χ0n) is 8.62. The van der Waals surface area contributed by atoms with Crippen LogP contribution in [0.3, 0.4) is 0 Å². The van der Waals surface area contributed by atoms with Crippen molar-refractivity contribution in [3.8, 4) is 0 Å². The summed E-state index contributed by atoms with van der Waals surface area (Å²) in [5.74, 6) is 0. The Morgan fingerprint density at radius 2 is 2.00 bits per heavy atom. The van der Waals surface area contributed by atoms with E-state index >= 15 is 0 Å². The number of fused-ring (bicyclic) bond motifs is 1. The summed E-state index contributed by atoms with van der Waals surface area (Å²) in [6, 6.07) is 3.90. The van der Waals surface area contributed by atoms with Crippen molar-refractivity contribution in [1.29, 1.82) is 0 Å². The van der Waals surface area contributed by atoms with Gasteiger partial charge in [-0.3, -0.25) is 4.98 Å². The van der Waals surface area contributed by atoms with E-state index in [1.54, 1.807) is 30.4 Å². The van der Waals surface area contributed by atoms with Crippen molar-refractivity contribution in [3.63, 3.8) is 0 Å². The normalized spacial score (nSPS) is 10.9. The van der Waals surface area contributed by atoms with Gasteiger partial charge in [-0.25, -0.2) is 9.97 Å². The van der Waals surface area contributed by atoms with E-state index in [1.165, 1.54) is 0 Å². The smallest absolute Gasteiger partial charge is 0.170 e. The fourth-order valence-electron chi connectivity index (χ4n) is 1.46. The molecule has 0 N–H and O–H groups in total. The largest absolute Gasteiger partial charge is 0.302 e. The molecule has 0 fully saturated rings. The molecule has 0 atom stereocenters. The molecule has 0 aromatic carbocycles. The first-order valence-corrected chi connectivity index (χ1v) is 6.51. The van der Waals surface area contributed by atoms with Gasteiger partial charge in [0, 0.05) is 35.9 Å². The van der Waals surface area contributed by atoms with E-state index in [4.69, 9.17) is 0 Å². The second-order valence-corrected chi connectivity index (χ2v) is 5.19. The molecule has 3 aromatic rings. The number of halogens is 1. The van der Waals surface area contributed by atoms with Gasteiger partial charge in [0.25, 0.3) is 0 Å². The molecule has 0 aliphatic rings. The maximum Gasteiger partial charge on any atom is 0.170 e. The highest BCUT2D eigenvalue weighted by atomic mass is 79.9. The molecule has 6 heteroatoms. The molecule has 3 rings (SSSR count). The molecule has 4 nitrogen and oxygen atoms in total. The highest BCUT2D eigenvalue weighted by molar-refractivity contribution is 9.10. The van der Waals surface area contributed by atoms with Crippen LogP contribution >= 0.6 is 27.7 Å². The van der Waals surface area contributed by atoms with Gasteiger partial charge in [-0.15, -0.1) is 0 Å². The topological polar surface area (TPSA) is 43.1 Å². The van der Waals surface area contributed by atoms with Gasteiger partial charge in [0.15, 0.2) is 5.65 Å². The molecule has 17 heavy (non-hydrogen) atoms. The average molecular weight is 307 g/mol. The van der Waals surface area contributed by atoms with Gasteiger partial charge in [0.1, 0.15) is 9.63 Å². The summed E-state index contributed by atoms with van der Waals surface area (Å²) in [5, 5.41) is 0.871. The van der Waals surface area contributed by atoms with Gasteiger partial charge >= 0.3 is 0 Å². The van der Waals surface area contributed by atoms with E-state index in [0.717, 1.165) is 20.2 Å². The van der Waals surface area contributed by atoms with E-state index in [-0.39, 0.29) is 0 Å². The lowest BCUT2D eigenvalue weighted by atomic mass is 10.5. The molecule has 0 unspecified atom stereocenters. The SMILES string of the molecule is Brc1cn2ccnc2c(Sc2ccncc2)n1. The number of pyridine rings is 1. The molecule has 0 aliphatic carbocycles. The minimum atomic E-state index is 0.791. The van der Waals surface area contributed by atoms with Gasteiger partial charge in [-0.2, -0.15) is 0 Å². The average Bonchev–Trinajstić information content (AvgIpc) is 2.78. The Morgan fingerprint density at radius 1 is 1.18 bits per heavy atom. The molecular weight excluding hydrogens is 300 g/mol. The lowest BCUT2D eigenvalue weighted by molar-refractivity contribution is 1.01. The summed E-state index contributed by atoms with van der Waals surface area (Å²) in [7, 11) is 0. The van der Waals surface area contributed by atoms with E-state index in [1.807, 2.05) is 28.9 Å². The van der Waals surface area contributed by atoms with Crippen LogP contribution in [0.25, 0.3) is 5.65 Å². The Bertz CT molecular complexity index is 653. The summed E-state index contributed by atoms with van der Waals surface area (Å²) in [5.41, 5.74) is 0.856. The van der Waals surface area contributed by atoms with Crippen LogP contribution < -0.4 is 0 Å². The van der Waals surface area contributed by atoms with Crippen LogP contribution in [0, 0.1) is 0 Å². The van der Waals surface area contributed by atoms with Crippen molar-refractivity contribution >= 4 is 33.3 Å². The first kappa shape index (κ1) is 10.7. The molecule has 3 aromatic heterocycles. The number of hydrogen-bond acceptors (Lipinski definition) is 4. The molecule has 0 amide bonds. The van der Waals surface area contributed by atoms with Crippen molar-refractivity contribution in [2.24, 2.45) is 0 Å². The molecule has 0 spiro atoms. The Labute approximate surface area is 110 Å². The van der Waals surface area contributed by atoms with E-state index in [9.17, 15) is 0 Å². The minimum absolute atomic E-state index is 0.791. The van der Waals surface area contributed by atoms with Crippen LogP contribution in [0.2, 0.25) is 0 Å². The van der Waals surface area contributed by atoms with Gasteiger partial charge < -0.3 is 4.40 Å². The number of hydrogen-bond donors (Lipinski definition) is 0. The van der Waals surface area contributed by atoms with E-state index < -0.39 is 0 Å². The van der Waals surface area contributed by atoms with Crippen LogP contribution in [-0.4, -0.2) is 19.4 Å². The van der Waals surface area contributed by atoms with Crippen molar-refractivity contribution in [1.82, 2.24) is 19.4 Å². The summed E-state index contributed by atoms with van der Waals surface area (Å²) in [4.78, 5) is 13.8. The molecule has 84 valence electrons. The standard InChI is InChI=1S/C11H7BrN4S/c12-9-7-16-6-5-14-10(16)11(15-9)17-8-1-3-13-4-2-8/h1-7H. The minimum Gasteiger partial charge on any atom is -0.302 e. The maximum atomic E-state index is 4.44. The van der Waals surface area contributed by atoms with Crippen molar-refractivity contribution < 1.29 is 0 Å². The molecule has 3 heterocycles. The van der Waals surface area contributed by atoms with Crippen LogP contribution in [0.15, 0.2) is 57.6 Å². The first-order chi connectivity index (χ1) is 8.33. The van der Waals surface area contributed by atoms with Crippen LogP contribution in [0.4, 0.5) is 0 Å². The van der Waals surface area contributed by atoms with Crippen LogP contribution in [-0.2, 0) is 0 Å². The van der Waals surface area contributed by atoms with Crippen LogP contribution in [0.5, 0.6) is 0 Å². The second kappa shape index (κ2) is 4.46. The number of nitrogens with zero attached hydrogens (tertiary/aromatic N) is 4. The summed E-state index contributed by atoms with van der Waals surface area (Å²) in [6.07, 6.45) is 9.09. The fraction of sp³-hybridized carbons (Fsp3) is 0. The van der Waals surface area contributed by atoms with Crippen LogP contribution in [0.1, 0.15) is 0 Å². The van der Waals surface area contributed by atoms with Gasteiger partial charge in [0.2, 0.25) is 0 Å². The Balaban J connectivity index is 2.08. The predicted octanol–water partition coefficient (Wildman–Crippen LogP) is 3.04. The highest BCUT2D eigenvalue weighted by Crippen LogP contribution is 2.29. The lowest BCUT2D eigenvalue weighted by Gasteiger charge is -2.03. The molecule has 0 bridgehead atoms. The summed E-state index contributed by atoms with van der Waals surface area (Å²) in [6.45, 7) is 0. The third kappa shape index (κ3) is 2.18. The monoisotopic (exact) mass is 306 g/mol. The molecule has 0 saturated heterocycles. The second-order valence-electron chi connectivity index (χ2n) is 3.31. The lowest BCUT2D eigenvalue weighted by Crippen LogP contribution is -1.91. The first-order valence-electron chi connectivity index (χ1n) is 4.90. The summed E-state index contributed by atoms with van der Waals surface area (Å²) < 4.78 is 2.74. The third-order valence-corrected chi connectivity index (χ3v) is 3.54. The Morgan fingerprint density at radius 3 is 2.82 bits per heavy atom. The van der Waals surface area contributed by atoms with Crippen molar-refractivity contribution in [3.05, 3.63) is 47.7 Å². The molecule has 0 aliphatic heterocycles. The van der Waals surface area contributed by atoms with Crippen molar-refractivity contribution in [2.45, 2.75) is 9.92 Å². The Hall–Kier alpha value is -1.40. The predicted molar refractivity (Wildman–Crippen MR) is 69.0 cm³/mol. The van der Waals surface area contributed by atoms with E-state index in [0.29, 0.717) is 0 Å². The highest BCUT2D eigenvalue weighted by Gasteiger charge is 2.07. The molecular formula is C11H7BrN4S. The third-order valence-electron chi connectivity index (χ3n) is 2.18. The zero-order valence-corrected chi connectivity index (χ0v) is 11.0.